The Kier molecular flexibility index (Phi) is 3.03. The highest BCUT2D eigenvalue weighted by molar-refractivity contribution is 9.09. The first-order valence-electron chi connectivity index (χ1n) is 5.16. The number of benzene rings is 1. The molecular formula is C12H15BrO2. The van der Waals surface area contributed by atoms with E-state index in [1.165, 1.54) is 11.1 Å². The lowest BCUT2D eigenvalue weighted by molar-refractivity contribution is -0.00702. The van der Waals surface area contributed by atoms with E-state index in [1.807, 2.05) is 13.0 Å². The molecule has 0 bridgehead atoms. The van der Waals surface area contributed by atoms with Gasteiger partial charge in [0, 0.05) is 0 Å². The largest absolute Gasteiger partial charge is 0.494 e. The number of rotatable bonds is 3. The molecule has 3 heteroatoms. The van der Waals surface area contributed by atoms with Crippen LogP contribution < -0.4 is 4.74 Å². The predicted octanol–water partition coefficient (Wildman–Crippen LogP) is 3.01. The van der Waals surface area contributed by atoms with Crippen molar-refractivity contribution in [2.24, 2.45) is 0 Å². The van der Waals surface area contributed by atoms with Crippen LogP contribution in [0.3, 0.4) is 0 Å². The van der Waals surface area contributed by atoms with Gasteiger partial charge in [-0.1, -0.05) is 28.1 Å². The number of ether oxygens (including phenoxy) is 2. The highest BCUT2D eigenvalue weighted by Crippen LogP contribution is 2.39. The maximum absolute atomic E-state index is 5.51. The van der Waals surface area contributed by atoms with Crippen molar-refractivity contribution in [3.05, 3.63) is 29.3 Å². The van der Waals surface area contributed by atoms with Crippen molar-refractivity contribution in [2.75, 3.05) is 19.8 Å². The molecule has 1 heterocycles. The van der Waals surface area contributed by atoms with Gasteiger partial charge in [0.05, 0.1) is 24.1 Å². The van der Waals surface area contributed by atoms with E-state index >= 15 is 0 Å². The summed E-state index contributed by atoms with van der Waals surface area (Å²) in [7, 11) is 0. The summed E-state index contributed by atoms with van der Waals surface area (Å²) in [6, 6.07) is 6.31. The second-order valence-corrected chi connectivity index (χ2v) is 5.39. The maximum Gasteiger partial charge on any atom is 0.122 e. The smallest absolute Gasteiger partial charge is 0.122 e. The molecular weight excluding hydrogens is 256 g/mol. The molecule has 0 atom stereocenters. The van der Waals surface area contributed by atoms with Gasteiger partial charge in [-0.25, -0.2) is 0 Å². The normalized spacial score (nSPS) is 18.3. The summed E-state index contributed by atoms with van der Waals surface area (Å²) in [5, 5.41) is 0. The summed E-state index contributed by atoms with van der Waals surface area (Å²) in [6.45, 7) is 6.28. The van der Waals surface area contributed by atoms with Gasteiger partial charge in [0.25, 0.3) is 0 Å². The molecule has 0 aliphatic carbocycles. The fraction of sp³-hybridized carbons (Fsp3) is 0.500. The number of hydrogen-bond donors (Lipinski definition) is 0. The number of alkyl halides is 1. The number of aryl methyl sites for hydroxylation is 1. The lowest BCUT2D eigenvalue weighted by Gasteiger charge is -2.36. The standard InChI is InChI=1S/C12H15BrO2/c1-3-15-11-5-4-10(6-9(11)2)12(13)7-14-8-12/h4-6H,3,7-8H2,1-2H3. The maximum atomic E-state index is 5.51. The van der Waals surface area contributed by atoms with E-state index < -0.39 is 0 Å². The van der Waals surface area contributed by atoms with Gasteiger partial charge in [-0.15, -0.1) is 0 Å². The molecule has 0 N–H and O–H groups in total. The predicted molar refractivity (Wildman–Crippen MR) is 63.8 cm³/mol. The van der Waals surface area contributed by atoms with Gasteiger partial charge in [-0.2, -0.15) is 0 Å². The van der Waals surface area contributed by atoms with Crippen LogP contribution in [0, 0.1) is 6.92 Å². The first kappa shape index (κ1) is 11.0. The van der Waals surface area contributed by atoms with E-state index in [9.17, 15) is 0 Å². The van der Waals surface area contributed by atoms with Crippen molar-refractivity contribution in [1.82, 2.24) is 0 Å². The molecule has 1 fully saturated rings. The van der Waals surface area contributed by atoms with Crippen LogP contribution in [0.15, 0.2) is 18.2 Å². The van der Waals surface area contributed by atoms with E-state index in [1.54, 1.807) is 0 Å². The molecule has 0 radical (unpaired) electrons. The SMILES string of the molecule is CCOc1ccc(C2(Br)COC2)cc1C. The van der Waals surface area contributed by atoms with Crippen LogP contribution in [0.1, 0.15) is 18.1 Å². The third kappa shape index (κ3) is 2.04. The summed E-state index contributed by atoms with van der Waals surface area (Å²) < 4.78 is 10.8. The molecule has 1 aromatic carbocycles. The monoisotopic (exact) mass is 270 g/mol. The van der Waals surface area contributed by atoms with Crippen molar-refractivity contribution in [2.45, 2.75) is 18.2 Å². The van der Waals surface area contributed by atoms with Crippen LogP contribution in [-0.2, 0) is 9.06 Å². The van der Waals surface area contributed by atoms with Gasteiger partial charge < -0.3 is 9.47 Å². The summed E-state index contributed by atoms with van der Waals surface area (Å²) in [6.07, 6.45) is 0. The highest BCUT2D eigenvalue weighted by Gasteiger charge is 2.37. The third-order valence-corrected chi connectivity index (χ3v) is 3.57. The van der Waals surface area contributed by atoms with Gasteiger partial charge in [0.15, 0.2) is 0 Å². The average molecular weight is 271 g/mol. The molecule has 0 saturated carbocycles. The molecule has 2 nitrogen and oxygen atoms in total. The van der Waals surface area contributed by atoms with Crippen LogP contribution in [0.25, 0.3) is 0 Å². The Morgan fingerprint density at radius 1 is 1.47 bits per heavy atom. The van der Waals surface area contributed by atoms with E-state index in [0.717, 1.165) is 19.0 Å². The molecule has 0 aromatic heterocycles. The van der Waals surface area contributed by atoms with Gasteiger partial charge in [0.2, 0.25) is 0 Å². The van der Waals surface area contributed by atoms with Crippen molar-refractivity contribution in [3.63, 3.8) is 0 Å². The van der Waals surface area contributed by atoms with Gasteiger partial charge in [-0.05, 0) is 31.0 Å². The van der Waals surface area contributed by atoms with Crippen LogP contribution in [-0.4, -0.2) is 19.8 Å². The first-order chi connectivity index (χ1) is 7.15. The number of halogens is 1. The Balaban J connectivity index is 2.25. The second-order valence-electron chi connectivity index (χ2n) is 3.87. The first-order valence-corrected chi connectivity index (χ1v) is 5.95. The minimum atomic E-state index is 0.0303. The molecule has 0 amide bonds. The zero-order chi connectivity index (χ0) is 10.9. The average Bonchev–Trinajstić information content (AvgIpc) is 2.18. The Labute approximate surface area is 98.7 Å². The van der Waals surface area contributed by atoms with Gasteiger partial charge in [0.1, 0.15) is 5.75 Å². The Bertz CT molecular complexity index is 359. The summed E-state index contributed by atoms with van der Waals surface area (Å²) in [4.78, 5) is 0. The van der Waals surface area contributed by atoms with Crippen LogP contribution >= 0.6 is 15.9 Å². The van der Waals surface area contributed by atoms with Crippen LogP contribution in [0.5, 0.6) is 5.75 Å². The third-order valence-electron chi connectivity index (χ3n) is 2.65. The van der Waals surface area contributed by atoms with Crippen LogP contribution in [0.4, 0.5) is 0 Å². The van der Waals surface area contributed by atoms with Crippen molar-refractivity contribution in [3.8, 4) is 5.75 Å². The molecule has 82 valence electrons. The summed E-state index contributed by atoms with van der Waals surface area (Å²) in [5.41, 5.74) is 2.45. The lowest BCUT2D eigenvalue weighted by atomic mass is 9.95. The summed E-state index contributed by atoms with van der Waals surface area (Å²) in [5.74, 6) is 0.970. The fourth-order valence-electron chi connectivity index (χ4n) is 1.69. The molecule has 0 spiro atoms. The number of hydrogen-bond acceptors (Lipinski definition) is 2. The molecule has 15 heavy (non-hydrogen) atoms. The minimum Gasteiger partial charge on any atom is -0.494 e. The second kappa shape index (κ2) is 4.14. The van der Waals surface area contributed by atoms with Crippen molar-refractivity contribution in [1.29, 1.82) is 0 Å². The zero-order valence-corrected chi connectivity index (χ0v) is 10.6. The fourth-order valence-corrected chi connectivity index (χ4v) is 2.26. The zero-order valence-electron chi connectivity index (χ0n) is 9.05. The molecule has 1 aliphatic rings. The van der Waals surface area contributed by atoms with Gasteiger partial charge in [-0.3, -0.25) is 0 Å². The molecule has 1 saturated heterocycles. The van der Waals surface area contributed by atoms with Gasteiger partial charge >= 0.3 is 0 Å². The minimum absolute atomic E-state index is 0.0303. The quantitative estimate of drug-likeness (QED) is 0.787. The Hall–Kier alpha value is -0.540. The molecule has 1 aliphatic heterocycles. The molecule has 0 unspecified atom stereocenters. The Morgan fingerprint density at radius 2 is 2.20 bits per heavy atom. The topological polar surface area (TPSA) is 18.5 Å². The summed E-state index contributed by atoms with van der Waals surface area (Å²) >= 11 is 3.71. The van der Waals surface area contributed by atoms with E-state index in [0.29, 0.717) is 6.61 Å². The molecule has 1 aromatic rings. The van der Waals surface area contributed by atoms with E-state index in [2.05, 4.69) is 35.0 Å². The van der Waals surface area contributed by atoms with E-state index in [-0.39, 0.29) is 4.32 Å². The van der Waals surface area contributed by atoms with Crippen molar-refractivity contribution < 1.29 is 9.47 Å². The van der Waals surface area contributed by atoms with E-state index in [4.69, 9.17) is 9.47 Å². The highest BCUT2D eigenvalue weighted by atomic mass is 79.9. The van der Waals surface area contributed by atoms with Crippen LogP contribution in [0.2, 0.25) is 0 Å². The molecule has 2 rings (SSSR count). The lowest BCUT2D eigenvalue weighted by Crippen LogP contribution is -2.40. The van der Waals surface area contributed by atoms with Crippen molar-refractivity contribution >= 4 is 15.9 Å². The Morgan fingerprint density at radius 3 is 2.67 bits per heavy atom.